The number of aryl methyl sites for hydroxylation is 1. The number of hydrogen-bond acceptors (Lipinski definition) is 4. The smallest absolute Gasteiger partial charge is 0.339 e. The monoisotopic (exact) mass is 321 g/mol. The topological polar surface area (TPSA) is 85.8 Å². The first-order valence-electron chi connectivity index (χ1n) is 5.32. The molecule has 3 aromatic heterocycles. The standard InChI is InChI=1S/C11H8BrN5O2/c1-16-10-7(4-14-16)9(8(3-13-10)11(18)19)17-5-6(12)2-15-17/h2-5H,1H3,(H,18,19). The molecule has 3 heterocycles. The fourth-order valence-corrected chi connectivity index (χ4v) is 2.20. The van der Waals surface area contributed by atoms with Crippen LogP contribution in [0.25, 0.3) is 16.7 Å². The maximum atomic E-state index is 11.3. The molecule has 0 saturated heterocycles. The van der Waals surface area contributed by atoms with Crippen molar-refractivity contribution in [2.75, 3.05) is 0 Å². The Morgan fingerprint density at radius 1 is 1.32 bits per heavy atom. The average Bonchev–Trinajstić information content (AvgIpc) is 2.95. The lowest BCUT2D eigenvalue weighted by Crippen LogP contribution is -2.08. The Balaban J connectivity index is 2.41. The van der Waals surface area contributed by atoms with Gasteiger partial charge in [-0.25, -0.2) is 14.5 Å². The second kappa shape index (κ2) is 4.16. The van der Waals surface area contributed by atoms with Gasteiger partial charge in [-0.05, 0) is 15.9 Å². The van der Waals surface area contributed by atoms with Gasteiger partial charge >= 0.3 is 5.97 Å². The van der Waals surface area contributed by atoms with E-state index in [1.165, 1.54) is 10.9 Å². The van der Waals surface area contributed by atoms with Gasteiger partial charge in [-0.1, -0.05) is 0 Å². The van der Waals surface area contributed by atoms with Gasteiger partial charge in [0.2, 0.25) is 0 Å². The summed E-state index contributed by atoms with van der Waals surface area (Å²) in [6.45, 7) is 0. The third-order valence-electron chi connectivity index (χ3n) is 2.74. The van der Waals surface area contributed by atoms with E-state index in [4.69, 9.17) is 0 Å². The number of fused-ring (bicyclic) bond motifs is 1. The molecule has 0 bridgehead atoms. The lowest BCUT2D eigenvalue weighted by atomic mass is 10.2. The zero-order valence-electron chi connectivity index (χ0n) is 9.78. The summed E-state index contributed by atoms with van der Waals surface area (Å²) >= 11 is 3.29. The summed E-state index contributed by atoms with van der Waals surface area (Å²) in [5.41, 5.74) is 1.14. The second-order valence-electron chi connectivity index (χ2n) is 3.93. The van der Waals surface area contributed by atoms with E-state index in [0.717, 1.165) is 4.47 Å². The van der Waals surface area contributed by atoms with Gasteiger partial charge in [-0.15, -0.1) is 0 Å². The molecule has 0 aliphatic rings. The van der Waals surface area contributed by atoms with Crippen molar-refractivity contribution in [3.05, 3.63) is 34.8 Å². The van der Waals surface area contributed by atoms with Gasteiger partial charge in [0, 0.05) is 19.4 Å². The zero-order chi connectivity index (χ0) is 13.6. The molecule has 7 nitrogen and oxygen atoms in total. The molecule has 0 spiro atoms. The van der Waals surface area contributed by atoms with Crippen molar-refractivity contribution < 1.29 is 9.90 Å². The maximum Gasteiger partial charge on any atom is 0.339 e. The Morgan fingerprint density at radius 3 is 2.74 bits per heavy atom. The number of carbonyl (C=O) groups is 1. The summed E-state index contributed by atoms with van der Waals surface area (Å²) in [5, 5.41) is 18.1. The first-order valence-corrected chi connectivity index (χ1v) is 6.12. The molecule has 0 aliphatic carbocycles. The summed E-state index contributed by atoms with van der Waals surface area (Å²) in [6, 6.07) is 0. The molecule has 19 heavy (non-hydrogen) atoms. The molecule has 3 aromatic rings. The van der Waals surface area contributed by atoms with Crippen molar-refractivity contribution in [3.8, 4) is 5.69 Å². The summed E-state index contributed by atoms with van der Waals surface area (Å²) in [7, 11) is 1.75. The van der Waals surface area contributed by atoms with E-state index >= 15 is 0 Å². The van der Waals surface area contributed by atoms with Crippen molar-refractivity contribution in [2.24, 2.45) is 7.05 Å². The molecule has 8 heteroatoms. The lowest BCUT2D eigenvalue weighted by Gasteiger charge is -2.07. The van der Waals surface area contributed by atoms with Crippen LogP contribution < -0.4 is 0 Å². The van der Waals surface area contributed by atoms with Crippen LogP contribution in [0.2, 0.25) is 0 Å². The van der Waals surface area contributed by atoms with Crippen molar-refractivity contribution in [1.82, 2.24) is 24.5 Å². The molecule has 3 rings (SSSR count). The highest BCUT2D eigenvalue weighted by Gasteiger charge is 2.19. The number of rotatable bonds is 2. The molecule has 0 atom stereocenters. The molecule has 0 radical (unpaired) electrons. The van der Waals surface area contributed by atoms with Crippen LogP contribution in [0.4, 0.5) is 0 Å². The summed E-state index contributed by atoms with van der Waals surface area (Å²) in [4.78, 5) is 15.5. The van der Waals surface area contributed by atoms with E-state index in [1.807, 2.05) is 0 Å². The van der Waals surface area contributed by atoms with E-state index in [0.29, 0.717) is 16.7 Å². The highest BCUT2D eigenvalue weighted by atomic mass is 79.9. The Bertz CT molecular complexity index is 792. The zero-order valence-corrected chi connectivity index (χ0v) is 11.4. The minimum atomic E-state index is -1.06. The lowest BCUT2D eigenvalue weighted by molar-refractivity contribution is 0.0696. The minimum absolute atomic E-state index is 0.0797. The number of halogens is 1. The van der Waals surface area contributed by atoms with Crippen molar-refractivity contribution in [2.45, 2.75) is 0 Å². The summed E-state index contributed by atoms with van der Waals surface area (Å²) in [6.07, 6.45) is 6.18. The molecule has 0 fully saturated rings. The average molecular weight is 322 g/mol. The number of aromatic nitrogens is 5. The predicted octanol–water partition coefficient (Wildman–Crippen LogP) is 1.61. The van der Waals surface area contributed by atoms with Crippen LogP contribution in [-0.2, 0) is 7.05 Å². The number of carboxylic acids is 1. The minimum Gasteiger partial charge on any atom is -0.478 e. The van der Waals surface area contributed by atoms with Gasteiger partial charge in [-0.3, -0.25) is 4.68 Å². The van der Waals surface area contributed by atoms with Gasteiger partial charge in [0.25, 0.3) is 0 Å². The quantitative estimate of drug-likeness (QED) is 0.775. The van der Waals surface area contributed by atoms with E-state index in [1.54, 1.807) is 30.3 Å². The Morgan fingerprint density at radius 2 is 2.11 bits per heavy atom. The van der Waals surface area contributed by atoms with Gasteiger partial charge < -0.3 is 5.11 Å². The predicted molar refractivity (Wildman–Crippen MR) is 70.3 cm³/mol. The van der Waals surface area contributed by atoms with Crippen LogP contribution in [0.1, 0.15) is 10.4 Å². The molecule has 0 aromatic carbocycles. The number of nitrogens with zero attached hydrogens (tertiary/aromatic N) is 5. The molecular formula is C11H8BrN5O2. The first kappa shape index (κ1) is 11.8. The highest BCUT2D eigenvalue weighted by molar-refractivity contribution is 9.10. The van der Waals surface area contributed by atoms with Crippen LogP contribution in [0.3, 0.4) is 0 Å². The number of pyridine rings is 1. The Hall–Kier alpha value is -2.22. The van der Waals surface area contributed by atoms with Gasteiger partial charge in [0.15, 0.2) is 5.65 Å². The molecule has 1 N–H and O–H groups in total. The molecule has 0 saturated carbocycles. The summed E-state index contributed by atoms with van der Waals surface area (Å²) < 4.78 is 3.85. The van der Waals surface area contributed by atoms with Crippen LogP contribution in [0.5, 0.6) is 0 Å². The van der Waals surface area contributed by atoms with Crippen LogP contribution in [0.15, 0.2) is 29.3 Å². The normalized spacial score (nSPS) is 11.1. The number of carboxylic acid groups (broad SMARTS) is 1. The highest BCUT2D eigenvalue weighted by Crippen LogP contribution is 2.24. The van der Waals surface area contributed by atoms with E-state index in [9.17, 15) is 9.90 Å². The van der Waals surface area contributed by atoms with E-state index in [-0.39, 0.29) is 5.56 Å². The van der Waals surface area contributed by atoms with Gasteiger partial charge in [0.05, 0.1) is 27.9 Å². The van der Waals surface area contributed by atoms with Crippen LogP contribution >= 0.6 is 15.9 Å². The number of aromatic carboxylic acids is 1. The van der Waals surface area contributed by atoms with Gasteiger partial charge in [0.1, 0.15) is 5.56 Å². The molecular weight excluding hydrogens is 314 g/mol. The maximum absolute atomic E-state index is 11.3. The van der Waals surface area contributed by atoms with Crippen LogP contribution in [-0.4, -0.2) is 35.6 Å². The van der Waals surface area contributed by atoms with Crippen molar-refractivity contribution in [3.63, 3.8) is 0 Å². The van der Waals surface area contributed by atoms with E-state index in [2.05, 4.69) is 31.1 Å². The Labute approximate surface area is 115 Å². The largest absolute Gasteiger partial charge is 0.478 e. The fourth-order valence-electron chi connectivity index (χ4n) is 1.91. The first-order chi connectivity index (χ1) is 9.08. The molecule has 96 valence electrons. The summed E-state index contributed by atoms with van der Waals surface area (Å²) in [5.74, 6) is -1.06. The second-order valence-corrected chi connectivity index (χ2v) is 4.85. The van der Waals surface area contributed by atoms with Crippen molar-refractivity contribution in [1.29, 1.82) is 0 Å². The third kappa shape index (κ3) is 1.80. The Kier molecular flexibility index (Phi) is 2.59. The number of hydrogen-bond donors (Lipinski definition) is 1. The van der Waals surface area contributed by atoms with Gasteiger partial charge in [-0.2, -0.15) is 10.2 Å². The molecule has 0 aliphatic heterocycles. The third-order valence-corrected chi connectivity index (χ3v) is 3.15. The molecule has 0 unspecified atom stereocenters. The fraction of sp³-hybridized carbons (Fsp3) is 0.0909. The van der Waals surface area contributed by atoms with Crippen LogP contribution in [0, 0.1) is 0 Å². The van der Waals surface area contributed by atoms with E-state index < -0.39 is 5.97 Å². The molecule has 0 amide bonds. The van der Waals surface area contributed by atoms with Crippen molar-refractivity contribution >= 4 is 32.9 Å². The SMILES string of the molecule is Cn1ncc2c(-n3cc(Br)cn3)c(C(=O)O)cnc21.